The molecule has 6 heteroatoms. The molecule has 1 aromatic carbocycles. The van der Waals surface area contributed by atoms with Crippen molar-refractivity contribution in [3.63, 3.8) is 0 Å². The van der Waals surface area contributed by atoms with E-state index in [9.17, 15) is 8.42 Å². The van der Waals surface area contributed by atoms with Crippen molar-refractivity contribution in [3.05, 3.63) is 24.3 Å². The molecule has 21 heavy (non-hydrogen) atoms. The molecule has 0 atom stereocenters. The van der Waals surface area contributed by atoms with Crippen molar-refractivity contribution in [3.8, 4) is 0 Å². The van der Waals surface area contributed by atoms with Crippen LogP contribution in [0, 0.1) is 0 Å². The monoisotopic (exact) mass is 312 g/mol. The predicted octanol–water partition coefficient (Wildman–Crippen LogP) is 2.35. The third kappa shape index (κ3) is 4.43. The molecule has 118 valence electrons. The average molecular weight is 312 g/mol. The standard InChI is InChI=1S/C15H24N2O3S/c1-3-9-16-21(18,19)15-7-5-12(6-8-15)17-13-10-14(11-13)20-4-2/h5-8,13-14,16-17H,3-4,9-11H2,1-2H3. The van der Waals surface area contributed by atoms with Crippen molar-refractivity contribution < 1.29 is 13.2 Å². The van der Waals surface area contributed by atoms with Crippen molar-refractivity contribution >= 4 is 15.7 Å². The van der Waals surface area contributed by atoms with E-state index in [1.807, 2.05) is 26.0 Å². The molecule has 0 unspecified atom stereocenters. The van der Waals surface area contributed by atoms with Gasteiger partial charge in [0.25, 0.3) is 0 Å². The number of hydrogen-bond donors (Lipinski definition) is 2. The fraction of sp³-hybridized carbons (Fsp3) is 0.600. The first-order chi connectivity index (χ1) is 10.0. The molecule has 1 aromatic rings. The summed E-state index contributed by atoms with van der Waals surface area (Å²) in [4.78, 5) is 0.308. The molecule has 0 spiro atoms. The van der Waals surface area contributed by atoms with Crippen LogP contribution in [-0.2, 0) is 14.8 Å². The van der Waals surface area contributed by atoms with E-state index in [-0.39, 0.29) is 0 Å². The SMILES string of the molecule is CCCNS(=O)(=O)c1ccc(NC2CC(OCC)C2)cc1. The highest BCUT2D eigenvalue weighted by molar-refractivity contribution is 7.89. The Labute approximate surface area is 127 Å². The summed E-state index contributed by atoms with van der Waals surface area (Å²) < 4.78 is 32.0. The zero-order valence-electron chi connectivity index (χ0n) is 12.6. The molecule has 2 N–H and O–H groups in total. The van der Waals surface area contributed by atoms with Gasteiger partial charge in [0, 0.05) is 24.9 Å². The summed E-state index contributed by atoms with van der Waals surface area (Å²) in [7, 11) is -3.37. The fourth-order valence-corrected chi connectivity index (χ4v) is 3.47. The minimum Gasteiger partial charge on any atom is -0.382 e. The Morgan fingerprint density at radius 2 is 1.86 bits per heavy atom. The van der Waals surface area contributed by atoms with E-state index in [1.54, 1.807) is 12.1 Å². The zero-order chi connectivity index (χ0) is 15.3. The lowest BCUT2D eigenvalue weighted by Gasteiger charge is -2.36. The van der Waals surface area contributed by atoms with Gasteiger partial charge in [-0.3, -0.25) is 0 Å². The number of hydrogen-bond acceptors (Lipinski definition) is 4. The van der Waals surface area contributed by atoms with Crippen molar-refractivity contribution in [1.82, 2.24) is 4.72 Å². The van der Waals surface area contributed by atoms with Gasteiger partial charge in [-0.05, 0) is 50.5 Å². The Balaban J connectivity index is 1.88. The third-order valence-corrected chi connectivity index (χ3v) is 5.05. The lowest BCUT2D eigenvalue weighted by Crippen LogP contribution is -2.40. The molecule has 5 nitrogen and oxygen atoms in total. The summed E-state index contributed by atoms with van der Waals surface area (Å²) in [5.41, 5.74) is 0.949. The van der Waals surface area contributed by atoms with Crippen LogP contribution >= 0.6 is 0 Å². The Kier molecular flexibility index (Phi) is 5.61. The van der Waals surface area contributed by atoms with Crippen molar-refractivity contribution in [2.24, 2.45) is 0 Å². The van der Waals surface area contributed by atoms with Gasteiger partial charge in [-0.1, -0.05) is 6.92 Å². The normalized spacial score (nSPS) is 21.8. The van der Waals surface area contributed by atoms with Gasteiger partial charge in [-0.15, -0.1) is 0 Å². The maximum absolute atomic E-state index is 12.0. The fourth-order valence-electron chi connectivity index (χ4n) is 2.34. The molecule has 0 amide bonds. The van der Waals surface area contributed by atoms with E-state index in [2.05, 4.69) is 10.0 Å². The maximum atomic E-state index is 12.0. The van der Waals surface area contributed by atoms with Gasteiger partial charge in [0.1, 0.15) is 0 Å². The van der Waals surface area contributed by atoms with E-state index in [4.69, 9.17) is 4.74 Å². The second-order valence-electron chi connectivity index (χ2n) is 5.31. The minimum absolute atomic E-state index is 0.308. The van der Waals surface area contributed by atoms with Crippen LogP contribution in [0.4, 0.5) is 5.69 Å². The van der Waals surface area contributed by atoms with Crippen molar-refractivity contribution in [1.29, 1.82) is 0 Å². The third-order valence-electron chi connectivity index (χ3n) is 3.57. The van der Waals surface area contributed by atoms with Crippen LogP contribution in [0.5, 0.6) is 0 Å². The highest BCUT2D eigenvalue weighted by atomic mass is 32.2. The molecule has 0 radical (unpaired) electrons. The van der Waals surface area contributed by atoms with Crippen molar-refractivity contribution in [2.45, 2.75) is 50.2 Å². The molecule has 0 aliphatic heterocycles. The van der Waals surface area contributed by atoms with Crippen LogP contribution in [-0.4, -0.2) is 33.7 Å². The molecule has 0 aromatic heterocycles. The van der Waals surface area contributed by atoms with Crippen LogP contribution in [0.25, 0.3) is 0 Å². The van der Waals surface area contributed by atoms with E-state index in [0.29, 0.717) is 23.6 Å². The lowest BCUT2D eigenvalue weighted by molar-refractivity contribution is 0.00299. The first-order valence-electron chi connectivity index (χ1n) is 7.53. The number of ether oxygens (including phenoxy) is 1. The molecule has 2 rings (SSSR count). The topological polar surface area (TPSA) is 67.4 Å². The van der Waals surface area contributed by atoms with E-state index < -0.39 is 10.0 Å². The average Bonchev–Trinajstić information content (AvgIpc) is 2.43. The highest BCUT2D eigenvalue weighted by Crippen LogP contribution is 2.27. The number of nitrogens with one attached hydrogen (secondary N) is 2. The van der Waals surface area contributed by atoms with Crippen LogP contribution in [0.15, 0.2) is 29.2 Å². The van der Waals surface area contributed by atoms with Gasteiger partial charge in [0.05, 0.1) is 11.0 Å². The van der Waals surface area contributed by atoms with Gasteiger partial charge in [-0.2, -0.15) is 0 Å². The van der Waals surface area contributed by atoms with Crippen LogP contribution < -0.4 is 10.0 Å². The van der Waals surface area contributed by atoms with Crippen LogP contribution in [0.3, 0.4) is 0 Å². The van der Waals surface area contributed by atoms with Gasteiger partial charge in [0.2, 0.25) is 10.0 Å². The molecule has 1 fully saturated rings. The Bertz CT molecular complexity index is 537. The quantitative estimate of drug-likeness (QED) is 0.773. The first kappa shape index (κ1) is 16.3. The minimum atomic E-state index is -3.37. The van der Waals surface area contributed by atoms with Crippen LogP contribution in [0.1, 0.15) is 33.1 Å². The van der Waals surface area contributed by atoms with Gasteiger partial charge < -0.3 is 10.1 Å². The molecular formula is C15H24N2O3S. The second-order valence-corrected chi connectivity index (χ2v) is 7.08. The van der Waals surface area contributed by atoms with Gasteiger partial charge >= 0.3 is 0 Å². The molecular weight excluding hydrogens is 288 g/mol. The Morgan fingerprint density at radius 1 is 1.19 bits per heavy atom. The largest absolute Gasteiger partial charge is 0.382 e. The summed E-state index contributed by atoms with van der Waals surface area (Å²) in [6, 6.07) is 7.32. The number of benzene rings is 1. The summed E-state index contributed by atoms with van der Waals surface area (Å²) in [6.45, 7) is 5.16. The molecule has 1 aliphatic rings. The number of rotatable bonds is 8. The smallest absolute Gasteiger partial charge is 0.240 e. The second kappa shape index (κ2) is 7.24. The summed E-state index contributed by atoms with van der Waals surface area (Å²) in [5.74, 6) is 0. The van der Waals surface area contributed by atoms with E-state index in [1.165, 1.54) is 0 Å². The molecule has 0 heterocycles. The van der Waals surface area contributed by atoms with Gasteiger partial charge in [0.15, 0.2) is 0 Å². The predicted molar refractivity (Wildman–Crippen MR) is 84.0 cm³/mol. The van der Waals surface area contributed by atoms with E-state index >= 15 is 0 Å². The lowest BCUT2D eigenvalue weighted by atomic mass is 9.89. The number of anilines is 1. The van der Waals surface area contributed by atoms with Crippen molar-refractivity contribution in [2.75, 3.05) is 18.5 Å². The summed E-state index contributed by atoms with van der Waals surface area (Å²) >= 11 is 0. The highest BCUT2D eigenvalue weighted by Gasteiger charge is 2.29. The molecule has 0 bridgehead atoms. The summed E-state index contributed by atoms with van der Waals surface area (Å²) in [6.07, 6.45) is 3.16. The molecule has 0 saturated heterocycles. The zero-order valence-corrected chi connectivity index (χ0v) is 13.4. The maximum Gasteiger partial charge on any atom is 0.240 e. The molecule has 1 saturated carbocycles. The first-order valence-corrected chi connectivity index (χ1v) is 9.01. The Morgan fingerprint density at radius 3 is 2.43 bits per heavy atom. The molecule has 1 aliphatic carbocycles. The number of sulfonamides is 1. The van der Waals surface area contributed by atoms with E-state index in [0.717, 1.165) is 31.6 Å². The van der Waals surface area contributed by atoms with Crippen LogP contribution in [0.2, 0.25) is 0 Å². The Hall–Kier alpha value is -1.11. The summed E-state index contributed by atoms with van der Waals surface area (Å²) in [5, 5.41) is 3.39. The van der Waals surface area contributed by atoms with Gasteiger partial charge in [-0.25, -0.2) is 13.1 Å².